The van der Waals surface area contributed by atoms with E-state index < -0.39 is 54.2 Å². The topological polar surface area (TPSA) is 122 Å². The van der Waals surface area contributed by atoms with Gasteiger partial charge in [-0.3, -0.25) is 9.59 Å². The first-order valence-electron chi connectivity index (χ1n) is 11.3. The van der Waals surface area contributed by atoms with Gasteiger partial charge in [-0.1, -0.05) is 64.2 Å². The van der Waals surface area contributed by atoms with Crippen LogP contribution in [0.1, 0.15) is 39.7 Å². The highest BCUT2D eigenvalue weighted by atomic mass is 32.2. The van der Waals surface area contributed by atoms with E-state index in [9.17, 15) is 22.8 Å². The van der Waals surface area contributed by atoms with Crippen molar-refractivity contribution in [2.24, 2.45) is 0 Å². The van der Waals surface area contributed by atoms with Crippen molar-refractivity contribution in [2.75, 3.05) is 12.9 Å². The molecule has 3 atom stereocenters. The van der Waals surface area contributed by atoms with Crippen LogP contribution < -0.4 is 10.6 Å². The minimum atomic E-state index is -3.38. The molecule has 190 valence electrons. The summed E-state index contributed by atoms with van der Waals surface area (Å²) in [6, 6.07) is 6.99. The van der Waals surface area contributed by atoms with Gasteiger partial charge in [-0.25, -0.2) is 17.2 Å². The average molecular weight is 512 g/mol. The Morgan fingerprint density at radius 2 is 1.74 bits per heavy atom. The first-order valence-corrected chi connectivity index (χ1v) is 15.9. The molecule has 1 aromatic carbocycles. The predicted octanol–water partition coefficient (Wildman–Crippen LogP) is 1.80. The summed E-state index contributed by atoms with van der Waals surface area (Å²) in [5.74, 6) is -1.60. The maximum atomic E-state index is 12.7. The summed E-state index contributed by atoms with van der Waals surface area (Å²) < 4.78 is 31.4. The lowest BCUT2D eigenvalue weighted by atomic mass is 10.1. The number of nitrogens with one attached hydrogen (secondary N) is 2. The quantitative estimate of drug-likeness (QED) is 0.385. The molecule has 1 heterocycles. The molecule has 0 saturated carbocycles. The first kappa shape index (κ1) is 28.0. The first-order chi connectivity index (χ1) is 15.6. The van der Waals surface area contributed by atoms with E-state index in [0.29, 0.717) is 0 Å². The Hall–Kier alpha value is -2.24. The molecule has 1 fully saturated rings. The molecule has 0 aliphatic carbocycles. The highest BCUT2D eigenvalue weighted by Gasteiger charge is 2.56. The lowest BCUT2D eigenvalue weighted by Crippen LogP contribution is -2.70. The van der Waals surface area contributed by atoms with E-state index in [-0.39, 0.29) is 23.6 Å². The number of hydrogen-bond acceptors (Lipinski definition) is 6. The lowest BCUT2D eigenvalue weighted by Gasteiger charge is -2.53. The molecule has 0 aromatic heterocycles. The average Bonchev–Trinajstić information content (AvgIpc) is 2.71. The fourth-order valence-electron chi connectivity index (χ4n) is 3.87. The van der Waals surface area contributed by atoms with Crippen LogP contribution in [0.2, 0.25) is 18.1 Å². The van der Waals surface area contributed by atoms with Gasteiger partial charge >= 0.3 is 5.97 Å². The molecule has 0 spiro atoms. The molecule has 1 unspecified atom stereocenters. The Bertz CT molecular complexity index is 1010. The second-order valence-electron chi connectivity index (χ2n) is 10.3. The second-order valence-corrected chi connectivity index (χ2v) is 17.6. The maximum Gasteiger partial charge on any atom is 0.328 e. The molecular weight excluding hydrogens is 474 g/mol. The van der Waals surface area contributed by atoms with E-state index in [1.807, 2.05) is 64.2 Å². The van der Waals surface area contributed by atoms with Crippen molar-refractivity contribution in [3.05, 3.63) is 35.9 Å². The minimum Gasteiger partial charge on any atom is -0.467 e. The van der Waals surface area contributed by atoms with Crippen molar-refractivity contribution < 1.29 is 27.5 Å². The van der Waals surface area contributed by atoms with Crippen molar-refractivity contribution >= 4 is 36.0 Å². The predicted molar refractivity (Wildman–Crippen MR) is 133 cm³/mol. The monoisotopic (exact) mass is 511 g/mol. The normalized spacial score (nSPS) is 19.9. The van der Waals surface area contributed by atoms with E-state index in [4.69, 9.17) is 4.74 Å². The lowest BCUT2D eigenvalue weighted by molar-refractivity contribution is -0.145. The standard InChI is InChI=1S/C23H37N3O6SSi/c1-16(21(28)25-19(22(29)32-5)13-17-11-9-8-10-12-17)24-20(27)14-18-15-33(30,31)26(18)34(6,7)23(2,3)4/h8-12,16,18-19H,13-15H2,1-7H3,(H,24,27)(H,25,28)/t16-,18?,19-/m0/s1. The molecule has 9 nitrogen and oxygen atoms in total. The minimum absolute atomic E-state index is 0.0200. The fraction of sp³-hybridized carbons (Fsp3) is 0.609. The highest BCUT2D eigenvalue weighted by molar-refractivity contribution is 7.92. The van der Waals surface area contributed by atoms with Crippen LogP contribution in [0, 0.1) is 0 Å². The molecule has 34 heavy (non-hydrogen) atoms. The number of benzene rings is 1. The van der Waals surface area contributed by atoms with E-state index in [0.717, 1.165) is 5.56 Å². The van der Waals surface area contributed by atoms with Crippen LogP contribution >= 0.6 is 0 Å². The van der Waals surface area contributed by atoms with Gasteiger partial charge in [0.2, 0.25) is 21.8 Å². The maximum absolute atomic E-state index is 12.7. The van der Waals surface area contributed by atoms with Gasteiger partial charge in [0.15, 0.2) is 0 Å². The summed E-state index contributed by atoms with van der Waals surface area (Å²) >= 11 is 0. The van der Waals surface area contributed by atoms with Crippen molar-refractivity contribution in [1.29, 1.82) is 0 Å². The van der Waals surface area contributed by atoms with E-state index in [1.54, 1.807) is 3.97 Å². The van der Waals surface area contributed by atoms with Gasteiger partial charge in [0, 0.05) is 18.9 Å². The number of sulfonamides is 1. The van der Waals surface area contributed by atoms with Crippen LogP contribution in [0.5, 0.6) is 0 Å². The molecular formula is C23H37N3O6SSi. The zero-order valence-corrected chi connectivity index (χ0v) is 22.9. The molecule has 0 radical (unpaired) electrons. The van der Waals surface area contributed by atoms with E-state index >= 15 is 0 Å². The molecule has 0 bridgehead atoms. The van der Waals surface area contributed by atoms with Gasteiger partial charge in [-0.2, -0.15) is 0 Å². The summed E-state index contributed by atoms with van der Waals surface area (Å²) in [5, 5.41) is 5.07. The SMILES string of the molecule is COC(=O)[C@H](Cc1ccccc1)NC(=O)[C@H](C)NC(=O)CC1CS(=O)(=O)N1[Si](C)(C)C(C)(C)C. The van der Waals surface area contributed by atoms with Crippen LogP contribution in [-0.2, 0) is 35.6 Å². The third-order valence-corrected chi connectivity index (χ3v) is 15.7. The van der Waals surface area contributed by atoms with Gasteiger partial charge in [0.05, 0.1) is 12.9 Å². The number of carbonyl (C=O) groups is 3. The zero-order chi connectivity index (χ0) is 25.9. The number of nitrogens with zero attached hydrogens (tertiary/aromatic N) is 1. The van der Waals surface area contributed by atoms with Crippen LogP contribution in [-0.4, -0.2) is 69.4 Å². The van der Waals surface area contributed by atoms with Crippen molar-refractivity contribution in [1.82, 2.24) is 14.6 Å². The molecule has 1 saturated heterocycles. The van der Waals surface area contributed by atoms with Gasteiger partial charge in [0.1, 0.15) is 20.3 Å². The second kappa shape index (κ2) is 10.6. The van der Waals surface area contributed by atoms with Gasteiger partial charge in [-0.05, 0) is 17.5 Å². The third-order valence-electron chi connectivity index (χ3n) is 6.70. The number of methoxy groups -OCH3 is 1. The zero-order valence-electron chi connectivity index (χ0n) is 21.0. The summed E-state index contributed by atoms with van der Waals surface area (Å²) in [4.78, 5) is 37.5. The Labute approximate surface area is 203 Å². The van der Waals surface area contributed by atoms with Crippen LogP contribution in [0.3, 0.4) is 0 Å². The fourth-order valence-corrected chi connectivity index (χ4v) is 10.8. The Balaban J connectivity index is 2.00. The molecule has 2 N–H and O–H groups in total. The van der Waals surface area contributed by atoms with Crippen molar-refractivity contribution in [3.63, 3.8) is 0 Å². The van der Waals surface area contributed by atoms with Crippen molar-refractivity contribution in [2.45, 2.75) is 76.8 Å². The molecule has 2 amide bonds. The number of amides is 2. The van der Waals surface area contributed by atoms with Crippen LogP contribution in [0.25, 0.3) is 0 Å². The Morgan fingerprint density at radius 1 is 1.15 bits per heavy atom. The number of carbonyl (C=O) groups excluding carboxylic acids is 3. The smallest absolute Gasteiger partial charge is 0.328 e. The molecule has 1 aliphatic rings. The third kappa shape index (κ3) is 6.45. The van der Waals surface area contributed by atoms with Gasteiger partial charge < -0.3 is 15.4 Å². The summed E-state index contributed by atoms with van der Waals surface area (Å²) in [7, 11) is -4.52. The van der Waals surface area contributed by atoms with Gasteiger partial charge in [0.25, 0.3) is 0 Å². The summed E-state index contributed by atoms with van der Waals surface area (Å²) in [6.45, 7) is 11.6. The van der Waals surface area contributed by atoms with Crippen LogP contribution in [0.15, 0.2) is 30.3 Å². The van der Waals surface area contributed by atoms with E-state index in [1.165, 1.54) is 14.0 Å². The summed E-state index contributed by atoms with van der Waals surface area (Å²) in [6.07, 6.45) is 0.231. The molecule has 1 aromatic rings. The number of ether oxygens (including phenoxy) is 1. The number of rotatable bonds is 9. The van der Waals surface area contributed by atoms with Crippen LogP contribution in [0.4, 0.5) is 0 Å². The Morgan fingerprint density at radius 3 is 2.24 bits per heavy atom. The Kier molecular flexibility index (Phi) is 8.70. The summed E-state index contributed by atoms with van der Waals surface area (Å²) in [5.41, 5.74) is 0.854. The molecule has 1 aliphatic heterocycles. The molecule has 11 heteroatoms. The molecule has 2 rings (SSSR count). The highest BCUT2D eigenvalue weighted by Crippen LogP contribution is 2.44. The number of esters is 1. The van der Waals surface area contributed by atoms with Crippen molar-refractivity contribution in [3.8, 4) is 0 Å². The van der Waals surface area contributed by atoms with E-state index in [2.05, 4.69) is 10.6 Å². The number of hydrogen-bond donors (Lipinski definition) is 2. The van der Waals surface area contributed by atoms with Gasteiger partial charge in [-0.15, -0.1) is 0 Å². The largest absolute Gasteiger partial charge is 0.467 e.